The summed E-state index contributed by atoms with van der Waals surface area (Å²) in [5.41, 5.74) is 18.1. The van der Waals surface area contributed by atoms with Crippen molar-refractivity contribution in [3.05, 3.63) is 239 Å². The van der Waals surface area contributed by atoms with Crippen LogP contribution < -0.4 is 35.7 Å². The number of benzene rings is 8. The zero-order valence-electron chi connectivity index (χ0n) is 37.1. The minimum Gasteiger partial charge on any atom is -1.00 e. The number of anilines is 8. The molecule has 0 aliphatic carbocycles. The summed E-state index contributed by atoms with van der Waals surface area (Å²) in [5, 5.41) is 0. The van der Waals surface area contributed by atoms with Crippen molar-refractivity contribution in [2.75, 3.05) is 18.7 Å². The molecule has 4 nitrogen and oxygen atoms in total. The summed E-state index contributed by atoms with van der Waals surface area (Å²) in [6.45, 7) is 17.6. The fourth-order valence-corrected chi connectivity index (χ4v) is 13.0. The monoisotopic (exact) mass is 894 g/mol. The number of rotatable bonds is 12. The van der Waals surface area contributed by atoms with Crippen molar-refractivity contribution in [1.29, 1.82) is 0 Å². The van der Waals surface area contributed by atoms with Crippen molar-refractivity contribution in [3.63, 3.8) is 0 Å². The van der Waals surface area contributed by atoms with Crippen LogP contribution in [0.5, 0.6) is 0 Å². The molecule has 312 valence electrons. The van der Waals surface area contributed by atoms with Gasteiger partial charge in [-0.3, -0.25) is 0 Å². The molecular formula is C56H56BrN4P. The van der Waals surface area contributed by atoms with Crippen LogP contribution in [0.4, 0.5) is 45.5 Å². The van der Waals surface area contributed by atoms with E-state index >= 15 is 0 Å². The van der Waals surface area contributed by atoms with E-state index in [-0.39, 0.29) is 17.0 Å². The van der Waals surface area contributed by atoms with Crippen LogP contribution in [0.2, 0.25) is 0 Å². The predicted octanol–water partition coefficient (Wildman–Crippen LogP) is 13.5. The van der Waals surface area contributed by atoms with Crippen molar-refractivity contribution >= 4 is 53.4 Å². The smallest absolute Gasteiger partial charge is 0.424 e. The van der Waals surface area contributed by atoms with Crippen LogP contribution in [0.3, 0.4) is 0 Å². The maximum atomic E-state index is 2.69. The lowest BCUT2D eigenvalue weighted by molar-refractivity contribution is -0.0000126. The second-order valence-corrected chi connectivity index (χ2v) is 19.2. The number of halogens is 1. The molecule has 0 fully saturated rings. The molecular weight excluding hydrogens is 840 g/mol. The minimum absolute atomic E-state index is 0. The molecule has 0 bridgehead atoms. The van der Waals surface area contributed by atoms with Crippen molar-refractivity contribution < 1.29 is 17.0 Å². The lowest BCUT2D eigenvalue weighted by atomic mass is 10.2. The molecule has 8 aromatic rings. The van der Waals surface area contributed by atoms with Crippen molar-refractivity contribution in [2.24, 2.45) is 0 Å². The van der Waals surface area contributed by atoms with E-state index < -0.39 is 7.87 Å². The average molecular weight is 896 g/mol. The fraction of sp³-hybridized carbons (Fsp3) is 0.143. The minimum atomic E-state index is -3.54. The molecule has 6 heteroatoms. The van der Waals surface area contributed by atoms with Crippen LogP contribution in [-0.4, -0.2) is 0 Å². The van der Waals surface area contributed by atoms with Gasteiger partial charge in [0.05, 0.1) is 45.5 Å². The third kappa shape index (κ3) is 8.93. The maximum absolute atomic E-state index is 3.54. The second kappa shape index (κ2) is 18.9. The molecule has 0 atom stereocenters. The molecule has 0 saturated carbocycles. The topological polar surface area (TPSA) is 13.0 Å². The molecule has 0 spiro atoms. The Kier molecular flexibility index (Phi) is 13.4. The quantitative estimate of drug-likeness (QED) is 0.113. The fourth-order valence-electron chi connectivity index (χ4n) is 8.45. The van der Waals surface area contributed by atoms with Gasteiger partial charge in [0.15, 0.2) is 0 Å². The highest BCUT2D eigenvalue weighted by Gasteiger charge is 2.66. The van der Waals surface area contributed by atoms with Crippen LogP contribution in [0.15, 0.2) is 194 Å². The molecule has 8 aromatic carbocycles. The van der Waals surface area contributed by atoms with Gasteiger partial charge in [-0.15, -0.1) is 0 Å². The highest BCUT2D eigenvalue weighted by molar-refractivity contribution is 7.83. The van der Waals surface area contributed by atoms with Gasteiger partial charge in [-0.25, -0.2) is 0 Å². The molecule has 0 aromatic heterocycles. The Hall–Kier alpha value is -6.13. The Labute approximate surface area is 381 Å². The first kappa shape index (κ1) is 43.9. The molecule has 0 N–H and O–H groups in total. The predicted molar refractivity (Wildman–Crippen MR) is 265 cm³/mol. The Morgan fingerprint density at radius 3 is 0.468 bits per heavy atom. The molecule has 0 amide bonds. The van der Waals surface area contributed by atoms with E-state index in [1.54, 1.807) is 0 Å². The van der Waals surface area contributed by atoms with E-state index in [1.807, 2.05) is 0 Å². The van der Waals surface area contributed by atoms with Gasteiger partial charge in [0.25, 0.3) is 0 Å². The standard InChI is InChI=1S/C56H56N4P.BrH/c1-41-17-9-25-49(33-41)57(50-26-10-18-42(2)34-50)61(58(51-27-11-19-43(3)35-51)52-28-12-20-44(4)36-52,59(53-29-13-21-45(5)37-53)54-30-14-22-46(6)38-54)60(55-31-15-23-47(7)39-55)56-32-16-24-48(8)40-56;/h9-40H,1-8H3;1H/q+1;/p-1. The molecule has 0 radical (unpaired) electrons. The summed E-state index contributed by atoms with van der Waals surface area (Å²) in [5.74, 6) is 0. The number of hydrogen-bond donors (Lipinski definition) is 0. The highest BCUT2D eigenvalue weighted by atomic mass is 79.9. The lowest BCUT2D eigenvalue weighted by Gasteiger charge is -2.52. The van der Waals surface area contributed by atoms with E-state index in [4.69, 9.17) is 0 Å². The van der Waals surface area contributed by atoms with Crippen molar-refractivity contribution in [3.8, 4) is 0 Å². The van der Waals surface area contributed by atoms with Crippen LogP contribution >= 0.6 is 7.87 Å². The third-order valence-electron chi connectivity index (χ3n) is 11.0. The van der Waals surface area contributed by atoms with E-state index in [0.717, 1.165) is 45.5 Å². The Morgan fingerprint density at radius 2 is 0.355 bits per heavy atom. The first-order valence-electron chi connectivity index (χ1n) is 21.2. The average Bonchev–Trinajstić information content (AvgIpc) is 3.22. The SMILES string of the molecule is Cc1cccc(N(c2cccc(C)c2)[P+](N(c2cccc(C)c2)c2cccc(C)c2)(N(c2cccc(C)c2)c2cccc(C)c2)N(c2cccc(C)c2)c2cccc(C)c2)c1.[Br-]. The summed E-state index contributed by atoms with van der Waals surface area (Å²) in [6, 6.07) is 72.5. The summed E-state index contributed by atoms with van der Waals surface area (Å²) in [7, 11) is -3.54. The third-order valence-corrected chi connectivity index (χ3v) is 15.0. The Balaban J connectivity index is 0.00000578. The Morgan fingerprint density at radius 1 is 0.226 bits per heavy atom. The Bertz CT molecular complexity index is 2250. The van der Waals surface area contributed by atoms with Crippen LogP contribution in [0.1, 0.15) is 44.5 Å². The van der Waals surface area contributed by atoms with Gasteiger partial charge in [0.1, 0.15) is 0 Å². The molecule has 0 saturated heterocycles. The summed E-state index contributed by atoms with van der Waals surface area (Å²) < 4.78 is 10.8. The van der Waals surface area contributed by atoms with Crippen LogP contribution in [0.25, 0.3) is 0 Å². The van der Waals surface area contributed by atoms with Crippen LogP contribution in [-0.2, 0) is 0 Å². The van der Waals surface area contributed by atoms with E-state index in [1.165, 1.54) is 44.5 Å². The van der Waals surface area contributed by atoms with Gasteiger partial charge < -0.3 is 17.0 Å². The molecule has 0 unspecified atom stereocenters. The molecule has 0 aliphatic rings. The first-order chi connectivity index (χ1) is 29.5. The number of nitrogens with zero attached hydrogens (tertiary/aromatic N) is 4. The van der Waals surface area contributed by atoms with Gasteiger partial charge in [-0.2, -0.15) is 18.7 Å². The molecule has 0 aliphatic heterocycles. The summed E-state index contributed by atoms with van der Waals surface area (Å²) in [4.78, 5) is 0. The first-order valence-corrected chi connectivity index (χ1v) is 22.8. The zero-order valence-corrected chi connectivity index (χ0v) is 39.6. The van der Waals surface area contributed by atoms with E-state index in [2.05, 4.69) is 268 Å². The van der Waals surface area contributed by atoms with Crippen molar-refractivity contribution in [1.82, 2.24) is 0 Å². The normalized spacial score (nSPS) is 11.1. The zero-order chi connectivity index (χ0) is 42.7. The van der Waals surface area contributed by atoms with Gasteiger partial charge in [-0.1, -0.05) is 97.1 Å². The number of aryl methyl sites for hydroxylation is 8. The molecule has 8 rings (SSSR count). The van der Waals surface area contributed by atoms with E-state index in [0.29, 0.717) is 0 Å². The molecule has 62 heavy (non-hydrogen) atoms. The second-order valence-electron chi connectivity index (χ2n) is 16.5. The summed E-state index contributed by atoms with van der Waals surface area (Å²) in [6.07, 6.45) is 0. The van der Waals surface area contributed by atoms with Crippen LogP contribution in [0, 0.1) is 55.4 Å². The van der Waals surface area contributed by atoms with E-state index in [9.17, 15) is 0 Å². The van der Waals surface area contributed by atoms with Gasteiger partial charge >= 0.3 is 7.87 Å². The van der Waals surface area contributed by atoms with Gasteiger partial charge in [0.2, 0.25) is 0 Å². The van der Waals surface area contributed by atoms with Gasteiger partial charge in [0, 0.05) is 0 Å². The summed E-state index contributed by atoms with van der Waals surface area (Å²) >= 11 is 0. The lowest BCUT2D eigenvalue weighted by Crippen LogP contribution is -3.00. The van der Waals surface area contributed by atoms with Crippen molar-refractivity contribution in [2.45, 2.75) is 55.4 Å². The maximum Gasteiger partial charge on any atom is 0.424 e. The van der Waals surface area contributed by atoms with Gasteiger partial charge in [-0.05, 0) is 197 Å². The largest absolute Gasteiger partial charge is 1.00 e. The number of hydrogen-bond acceptors (Lipinski definition) is 4. The molecule has 0 heterocycles. The highest BCUT2D eigenvalue weighted by Crippen LogP contribution is 2.80.